The number of anilines is 1. The summed E-state index contributed by atoms with van der Waals surface area (Å²) in [6.07, 6.45) is 0. The van der Waals surface area contributed by atoms with E-state index in [1.54, 1.807) is 23.9 Å². The molecular weight excluding hydrogens is 350 g/mol. The number of rotatable bonds is 5. The van der Waals surface area contributed by atoms with E-state index in [4.69, 9.17) is 11.6 Å². The zero-order valence-electron chi connectivity index (χ0n) is 11.9. The highest BCUT2D eigenvalue weighted by molar-refractivity contribution is 8.00. The van der Waals surface area contributed by atoms with Crippen LogP contribution in [0, 0.1) is 0 Å². The summed E-state index contributed by atoms with van der Waals surface area (Å²) in [7, 11) is 0. The van der Waals surface area contributed by atoms with Gasteiger partial charge in [0.1, 0.15) is 0 Å². The van der Waals surface area contributed by atoms with Gasteiger partial charge in [-0.3, -0.25) is 10.1 Å². The molecule has 1 N–H and O–H groups in total. The molecule has 0 radical (unpaired) electrons. The molecule has 116 valence electrons. The summed E-state index contributed by atoms with van der Waals surface area (Å²) >= 11 is 8.88. The van der Waals surface area contributed by atoms with Gasteiger partial charge in [-0.15, -0.1) is 10.2 Å². The highest BCUT2D eigenvalue weighted by Gasteiger charge is 2.10. The van der Waals surface area contributed by atoms with Gasteiger partial charge in [-0.1, -0.05) is 65.0 Å². The van der Waals surface area contributed by atoms with Crippen LogP contribution in [0.15, 0.2) is 58.9 Å². The lowest BCUT2D eigenvalue weighted by atomic mass is 10.2. The molecule has 1 heterocycles. The SMILES string of the molecule is O=C(Nc1nnc(SCc2cccc(Cl)c2)s1)c1ccccc1. The number of carbonyl (C=O) groups is 1. The summed E-state index contributed by atoms with van der Waals surface area (Å²) in [4.78, 5) is 12.0. The van der Waals surface area contributed by atoms with Crippen molar-refractivity contribution in [1.29, 1.82) is 0 Å². The number of hydrogen-bond donors (Lipinski definition) is 1. The highest BCUT2D eigenvalue weighted by atomic mass is 35.5. The van der Waals surface area contributed by atoms with Crippen LogP contribution < -0.4 is 5.32 Å². The Hall–Kier alpha value is -1.89. The molecule has 4 nitrogen and oxygen atoms in total. The first-order valence-electron chi connectivity index (χ1n) is 6.78. The van der Waals surface area contributed by atoms with Crippen LogP contribution in [0.25, 0.3) is 0 Å². The van der Waals surface area contributed by atoms with Crippen LogP contribution in [0.3, 0.4) is 0 Å². The number of aromatic nitrogens is 2. The number of carbonyl (C=O) groups excluding carboxylic acids is 1. The van der Waals surface area contributed by atoms with Gasteiger partial charge in [0.2, 0.25) is 5.13 Å². The van der Waals surface area contributed by atoms with E-state index in [9.17, 15) is 4.79 Å². The van der Waals surface area contributed by atoms with E-state index in [0.717, 1.165) is 20.7 Å². The van der Waals surface area contributed by atoms with Crippen LogP contribution in [0.4, 0.5) is 5.13 Å². The lowest BCUT2D eigenvalue weighted by Crippen LogP contribution is -2.11. The lowest BCUT2D eigenvalue weighted by Gasteiger charge is -2.00. The molecule has 0 aliphatic rings. The molecule has 0 saturated carbocycles. The van der Waals surface area contributed by atoms with Gasteiger partial charge in [0.15, 0.2) is 4.34 Å². The number of hydrogen-bond acceptors (Lipinski definition) is 5. The third kappa shape index (κ3) is 4.54. The molecule has 0 aliphatic heterocycles. The lowest BCUT2D eigenvalue weighted by molar-refractivity contribution is 0.102. The average Bonchev–Trinajstić information content (AvgIpc) is 3.01. The van der Waals surface area contributed by atoms with Crippen molar-refractivity contribution in [3.8, 4) is 0 Å². The first-order chi connectivity index (χ1) is 11.2. The summed E-state index contributed by atoms with van der Waals surface area (Å²) < 4.78 is 0.799. The minimum Gasteiger partial charge on any atom is -0.296 e. The number of nitrogens with one attached hydrogen (secondary N) is 1. The minimum atomic E-state index is -0.187. The average molecular weight is 362 g/mol. The van der Waals surface area contributed by atoms with Crippen LogP contribution in [-0.4, -0.2) is 16.1 Å². The Balaban J connectivity index is 1.59. The smallest absolute Gasteiger partial charge is 0.257 e. The van der Waals surface area contributed by atoms with Crippen LogP contribution >= 0.6 is 34.7 Å². The van der Waals surface area contributed by atoms with Gasteiger partial charge in [0, 0.05) is 16.3 Å². The maximum atomic E-state index is 12.0. The van der Waals surface area contributed by atoms with Gasteiger partial charge >= 0.3 is 0 Å². The maximum absolute atomic E-state index is 12.0. The van der Waals surface area contributed by atoms with E-state index in [0.29, 0.717) is 10.7 Å². The molecule has 3 aromatic rings. The number of amides is 1. The molecule has 3 rings (SSSR count). The molecule has 1 aromatic heterocycles. The van der Waals surface area contributed by atoms with Crippen LogP contribution in [0.2, 0.25) is 5.02 Å². The zero-order valence-corrected chi connectivity index (χ0v) is 14.3. The number of halogens is 1. The quantitative estimate of drug-likeness (QED) is 0.527. The van der Waals surface area contributed by atoms with Gasteiger partial charge < -0.3 is 0 Å². The Morgan fingerprint density at radius 1 is 1.13 bits per heavy atom. The first kappa shape index (κ1) is 16.0. The molecule has 0 atom stereocenters. The second-order valence-corrected chi connectivity index (χ2v) is 7.25. The van der Waals surface area contributed by atoms with Crippen molar-refractivity contribution in [3.05, 3.63) is 70.7 Å². The van der Waals surface area contributed by atoms with Crippen molar-refractivity contribution in [2.45, 2.75) is 10.1 Å². The minimum absolute atomic E-state index is 0.187. The molecule has 23 heavy (non-hydrogen) atoms. The van der Waals surface area contributed by atoms with Gasteiger partial charge in [-0.05, 0) is 29.8 Å². The second kappa shape index (κ2) is 7.59. The van der Waals surface area contributed by atoms with Crippen LogP contribution in [0.1, 0.15) is 15.9 Å². The molecule has 1 amide bonds. The largest absolute Gasteiger partial charge is 0.296 e. The van der Waals surface area contributed by atoms with E-state index in [1.807, 2.05) is 42.5 Å². The molecule has 0 unspecified atom stereocenters. The number of thioether (sulfide) groups is 1. The number of benzene rings is 2. The van der Waals surface area contributed by atoms with Crippen molar-refractivity contribution >= 4 is 45.7 Å². The molecule has 0 fully saturated rings. The second-order valence-electron chi connectivity index (χ2n) is 4.61. The van der Waals surface area contributed by atoms with E-state index >= 15 is 0 Å². The molecule has 0 aliphatic carbocycles. The summed E-state index contributed by atoms with van der Waals surface area (Å²) in [5.41, 5.74) is 1.71. The Bertz CT molecular complexity index is 808. The fraction of sp³-hybridized carbons (Fsp3) is 0.0625. The normalized spacial score (nSPS) is 10.5. The molecule has 0 spiro atoms. The van der Waals surface area contributed by atoms with Crippen molar-refractivity contribution in [2.75, 3.05) is 5.32 Å². The fourth-order valence-electron chi connectivity index (χ4n) is 1.85. The highest BCUT2D eigenvalue weighted by Crippen LogP contribution is 2.29. The molecule has 0 bridgehead atoms. The maximum Gasteiger partial charge on any atom is 0.257 e. The summed E-state index contributed by atoms with van der Waals surface area (Å²) in [5.74, 6) is 0.565. The Morgan fingerprint density at radius 2 is 1.96 bits per heavy atom. The predicted octanol–water partition coefficient (Wildman–Crippen LogP) is 4.74. The Kier molecular flexibility index (Phi) is 5.27. The van der Waals surface area contributed by atoms with Crippen molar-refractivity contribution in [3.63, 3.8) is 0 Å². The molecular formula is C16H12ClN3OS2. The zero-order chi connectivity index (χ0) is 16.1. The van der Waals surface area contributed by atoms with E-state index < -0.39 is 0 Å². The third-order valence-electron chi connectivity index (χ3n) is 2.91. The molecule has 0 saturated heterocycles. The van der Waals surface area contributed by atoms with Gasteiger partial charge in [-0.25, -0.2) is 0 Å². The Labute approximate surface area is 146 Å². The van der Waals surface area contributed by atoms with Gasteiger partial charge in [0.25, 0.3) is 5.91 Å². The monoisotopic (exact) mass is 361 g/mol. The van der Waals surface area contributed by atoms with Crippen LogP contribution in [-0.2, 0) is 5.75 Å². The van der Waals surface area contributed by atoms with E-state index in [2.05, 4.69) is 15.5 Å². The molecule has 7 heteroatoms. The van der Waals surface area contributed by atoms with Crippen molar-refractivity contribution < 1.29 is 4.79 Å². The topological polar surface area (TPSA) is 54.9 Å². The predicted molar refractivity (Wildman–Crippen MR) is 95.3 cm³/mol. The number of nitrogens with zero attached hydrogens (tertiary/aromatic N) is 2. The third-order valence-corrected chi connectivity index (χ3v) is 5.19. The van der Waals surface area contributed by atoms with E-state index in [-0.39, 0.29) is 5.91 Å². The van der Waals surface area contributed by atoms with E-state index in [1.165, 1.54) is 11.3 Å². The van der Waals surface area contributed by atoms with Crippen molar-refractivity contribution in [2.24, 2.45) is 0 Å². The van der Waals surface area contributed by atoms with Gasteiger partial charge in [0.05, 0.1) is 0 Å². The fourth-order valence-corrected chi connectivity index (χ4v) is 3.75. The Morgan fingerprint density at radius 3 is 2.74 bits per heavy atom. The molecule has 2 aromatic carbocycles. The summed E-state index contributed by atoms with van der Waals surface area (Å²) in [6, 6.07) is 16.7. The first-order valence-corrected chi connectivity index (χ1v) is 8.96. The van der Waals surface area contributed by atoms with Crippen LogP contribution in [0.5, 0.6) is 0 Å². The van der Waals surface area contributed by atoms with Gasteiger partial charge in [-0.2, -0.15) is 0 Å². The summed E-state index contributed by atoms with van der Waals surface area (Å²) in [6.45, 7) is 0. The van der Waals surface area contributed by atoms with Crippen molar-refractivity contribution in [1.82, 2.24) is 10.2 Å². The summed E-state index contributed by atoms with van der Waals surface area (Å²) in [5, 5.41) is 12.1. The standard InChI is InChI=1S/C16H12ClN3OS2/c17-13-8-4-5-11(9-13)10-22-16-20-19-15(23-16)18-14(21)12-6-2-1-3-7-12/h1-9H,10H2,(H,18,19,21).